The van der Waals surface area contributed by atoms with Gasteiger partial charge >= 0.3 is 0 Å². The van der Waals surface area contributed by atoms with Crippen LogP contribution in [0.5, 0.6) is 0 Å². The van der Waals surface area contributed by atoms with Crippen LogP contribution in [0.25, 0.3) is 11.0 Å². The quantitative estimate of drug-likeness (QED) is 0.771. The number of nitrogens with one attached hydrogen (secondary N) is 1. The summed E-state index contributed by atoms with van der Waals surface area (Å²) in [5.74, 6) is 0. The summed E-state index contributed by atoms with van der Waals surface area (Å²) in [4.78, 5) is 4.55. The molecule has 4 rings (SSSR count). The van der Waals surface area contributed by atoms with E-state index in [0.29, 0.717) is 24.5 Å². The maximum Gasteiger partial charge on any atom is 0.243 e. The topological polar surface area (TPSA) is 79.0 Å². The smallest absolute Gasteiger partial charge is 0.243 e. The highest BCUT2D eigenvalue weighted by atomic mass is 35.5. The second-order valence-electron chi connectivity index (χ2n) is 5.44. The fourth-order valence-corrected chi connectivity index (χ4v) is 4.43. The summed E-state index contributed by atoms with van der Waals surface area (Å²) in [6, 6.07) is 6.24. The number of nitrogens with zero attached hydrogens (tertiary/aromatic N) is 3. The molecule has 118 valence electrons. The van der Waals surface area contributed by atoms with Gasteiger partial charge in [-0.15, -0.1) is 0 Å². The number of hydrogen-bond acceptors (Lipinski definition) is 4. The van der Waals surface area contributed by atoms with Crippen molar-refractivity contribution in [2.75, 3.05) is 6.54 Å². The highest BCUT2D eigenvalue weighted by molar-refractivity contribution is 7.89. The Kier molecular flexibility index (Phi) is 3.37. The van der Waals surface area contributed by atoms with Gasteiger partial charge in [-0.1, -0.05) is 11.6 Å². The average molecular weight is 349 g/mol. The minimum absolute atomic E-state index is 0.252. The zero-order valence-electron chi connectivity index (χ0n) is 12.0. The van der Waals surface area contributed by atoms with Gasteiger partial charge in [0.15, 0.2) is 5.65 Å². The van der Waals surface area contributed by atoms with Gasteiger partial charge in [-0.3, -0.25) is 5.10 Å². The van der Waals surface area contributed by atoms with E-state index in [2.05, 4.69) is 15.2 Å². The van der Waals surface area contributed by atoms with Gasteiger partial charge in [0.05, 0.1) is 11.1 Å². The molecule has 0 saturated carbocycles. The number of sulfonamides is 1. The van der Waals surface area contributed by atoms with Gasteiger partial charge in [-0.05, 0) is 41.8 Å². The lowest BCUT2D eigenvalue weighted by atomic mass is 10.0. The molecule has 0 saturated heterocycles. The molecule has 1 N–H and O–H groups in total. The van der Waals surface area contributed by atoms with Crippen molar-refractivity contribution in [2.24, 2.45) is 0 Å². The molecule has 1 aliphatic rings. The maximum absolute atomic E-state index is 12.8. The molecule has 8 heteroatoms. The molecule has 1 aliphatic heterocycles. The Balaban J connectivity index is 1.71. The molecular weight excluding hydrogens is 336 g/mol. The molecule has 0 unspecified atom stereocenters. The van der Waals surface area contributed by atoms with Gasteiger partial charge in [-0.2, -0.15) is 9.40 Å². The molecule has 0 aliphatic carbocycles. The van der Waals surface area contributed by atoms with Crippen LogP contribution in [0.1, 0.15) is 11.1 Å². The van der Waals surface area contributed by atoms with Crippen LogP contribution in [0.3, 0.4) is 0 Å². The Hall–Kier alpha value is -1.96. The molecule has 1 aromatic carbocycles. The molecule has 2 aromatic heterocycles. The molecule has 3 aromatic rings. The van der Waals surface area contributed by atoms with E-state index in [-0.39, 0.29) is 4.90 Å². The molecular formula is C15H13ClN4O2S. The molecule has 3 heterocycles. The van der Waals surface area contributed by atoms with E-state index in [9.17, 15) is 8.42 Å². The van der Waals surface area contributed by atoms with Crippen molar-refractivity contribution in [3.63, 3.8) is 0 Å². The van der Waals surface area contributed by atoms with E-state index in [1.807, 2.05) is 0 Å². The number of fused-ring (bicyclic) bond motifs is 3. The molecule has 0 bridgehead atoms. The van der Waals surface area contributed by atoms with Crippen LogP contribution in [0.4, 0.5) is 0 Å². The largest absolute Gasteiger partial charge is 0.261 e. The number of H-pyrrole nitrogens is 1. The van der Waals surface area contributed by atoms with Crippen molar-refractivity contribution in [2.45, 2.75) is 17.9 Å². The van der Waals surface area contributed by atoms with Crippen LogP contribution in [0.15, 0.2) is 41.6 Å². The molecule has 0 radical (unpaired) electrons. The number of halogens is 1. The lowest BCUT2D eigenvalue weighted by molar-refractivity contribution is 0.392. The first-order chi connectivity index (χ1) is 11.1. The van der Waals surface area contributed by atoms with Gasteiger partial charge in [0.2, 0.25) is 10.0 Å². The second-order valence-corrected chi connectivity index (χ2v) is 7.81. The Bertz CT molecular complexity index is 982. The predicted molar refractivity (Wildman–Crippen MR) is 86.6 cm³/mol. The number of pyridine rings is 1. The lowest BCUT2D eigenvalue weighted by Crippen LogP contribution is -2.36. The van der Waals surface area contributed by atoms with Gasteiger partial charge in [0, 0.05) is 29.7 Å². The summed E-state index contributed by atoms with van der Waals surface area (Å²) in [6.07, 6.45) is 4.10. The molecule has 0 spiro atoms. The van der Waals surface area contributed by atoms with Crippen molar-refractivity contribution in [3.05, 3.63) is 52.8 Å². The van der Waals surface area contributed by atoms with Crippen molar-refractivity contribution >= 4 is 32.7 Å². The van der Waals surface area contributed by atoms with Crippen molar-refractivity contribution in [1.29, 1.82) is 0 Å². The second kappa shape index (κ2) is 5.30. The normalized spacial score (nSPS) is 15.7. The van der Waals surface area contributed by atoms with E-state index in [1.54, 1.807) is 24.5 Å². The van der Waals surface area contributed by atoms with Crippen LogP contribution in [-0.2, 0) is 23.0 Å². The van der Waals surface area contributed by atoms with Crippen LogP contribution >= 0.6 is 11.6 Å². The van der Waals surface area contributed by atoms with E-state index in [1.165, 1.54) is 16.4 Å². The predicted octanol–water partition coefficient (Wildman–Crippen LogP) is 2.36. The Morgan fingerprint density at radius 1 is 1.17 bits per heavy atom. The van der Waals surface area contributed by atoms with Gasteiger partial charge in [-0.25, -0.2) is 13.4 Å². The third-order valence-corrected chi connectivity index (χ3v) is 6.20. The first kappa shape index (κ1) is 14.6. The van der Waals surface area contributed by atoms with E-state index >= 15 is 0 Å². The zero-order chi connectivity index (χ0) is 16.0. The minimum Gasteiger partial charge on any atom is -0.261 e. The molecule has 0 amide bonds. The summed E-state index contributed by atoms with van der Waals surface area (Å²) in [7, 11) is -3.54. The SMILES string of the molecule is O=S(=O)(c1ccc(Cl)cc1)N1CCc2c(cnc3[nH]ncc23)C1. The summed E-state index contributed by atoms with van der Waals surface area (Å²) < 4.78 is 27.0. The van der Waals surface area contributed by atoms with E-state index < -0.39 is 10.0 Å². The zero-order valence-corrected chi connectivity index (χ0v) is 13.6. The van der Waals surface area contributed by atoms with Gasteiger partial charge in [0.1, 0.15) is 0 Å². The Morgan fingerprint density at radius 3 is 2.74 bits per heavy atom. The number of rotatable bonds is 2. The van der Waals surface area contributed by atoms with Gasteiger partial charge in [0.25, 0.3) is 0 Å². The van der Waals surface area contributed by atoms with E-state index in [4.69, 9.17) is 11.6 Å². The summed E-state index contributed by atoms with van der Waals surface area (Å²) >= 11 is 5.83. The number of benzene rings is 1. The Morgan fingerprint density at radius 2 is 1.96 bits per heavy atom. The monoisotopic (exact) mass is 348 g/mol. The van der Waals surface area contributed by atoms with Crippen LogP contribution in [0.2, 0.25) is 5.02 Å². The third-order valence-electron chi connectivity index (χ3n) is 4.09. The molecule has 0 fully saturated rings. The van der Waals surface area contributed by atoms with Crippen molar-refractivity contribution in [1.82, 2.24) is 19.5 Å². The highest BCUT2D eigenvalue weighted by Gasteiger charge is 2.29. The summed E-state index contributed by atoms with van der Waals surface area (Å²) in [6.45, 7) is 0.747. The fraction of sp³-hybridized carbons (Fsp3) is 0.200. The molecule has 6 nitrogen and oxygen atoms in total. The first-order valence-corrected chi connectivity index (χ1v) is 8.93. The fourth-order valence-electron chi connectivity index (χ4n) is 2.89. The van der Waals surface area contributed by atoms with E-state index in [0.717, 1.165) is 22.2 Å². The van der Waals surface area contributed by atoms with Crippen LogP contribution in [0, 0.1) is 0 Å². The standard InChI is InChI=1S/C15H13ClN4O2S/c16-11-1-3-12(4-2-11)23(21,22)20-6-5-13-10(9-20)7-17-15-14(13)8-18-19-15/h1-4,7-8H,5-6,9H2,(H,17,18,19). The average Bonchev–Trinajstić information content (AvgIpc) is 3.03. The molecule has 0 atom stereocenters. The van der Waals surface area contributed by atoms with Crippen LogP contribution in [-0.4, -0.2) is 34.4 Å². The number of aromatic amines is 1. The Labute approximate surface area is 138 Å². The van der Waals surface area contributed by atoms with Crippen molar-refractivity contribution < 1.29 is 8.42 Å². The number of hydrogen-bond donors (Lipinski definition) is 1. The summed E-state index contributed by atoms with van der Waals surface area (Å²) in [5, 5.41) is 8.32. The number of aromatic nitrogens is 3. The maximum atomic E-state index is 12.8. The molecule has 23 heavy (non-hydrogen) atoms. The van der Waals surface area contributed by atoms with Crippen LogP contribution < -0.4 is 0 Å². The first-order valence-electron chi connectivity index (χ1n) is 7.11. The summed E-state index contributed by atoms with van der Waals surface area (Å²) in [5.41, 5.74) is 2.77. The minimum atomic E-state index is -3.54. The lowest BCUT2D eigenvalue weighted by Gasteiger charge is -2.28. The third kappa shape index (κ3) is 2.41. The van der Waals surface area contributed by atoms with Gasteiger partial charge < -0.3 is 0 Å². The highest BCUT2D eigenvalue weighted by Crippen LogP contribution is 2.28. The van der Waals surface area contributed by atoms with Crippen molar-refractivity contribution in [3.8, 4) is 0 Å².